The monoisotopic (exact) mass is 442 g/mol. The largest absolute Gasteiger partial charge is 0.285 e. The molecule has 12 heteroatoms. The van der Waals surface area contributed by atoms with E-state index >= 15 is 0 Å². The standard InChI is InChI=1S/C18H18N8O2S2/c1-11-14-7-20-26(9-12-3-4-19-23-12)18(27)6-15(14)25(2)24-16(30-11)5-13-10-29-17(22-13)8-21-28/h3-4,7,10H,1,5-6,8-9H2,2H3,(H,19,23). The lowest BCUT2D eigenvalue weighted by Gasteiger charge is -2.18. The number of nitroso groups, excluding NO2 is 1. The number of hydrogen-bond acceptors (Lipinski definition) is 10. The lowest BCUT2D eigenvalue weighted by molar-refractivity contribution is -0.131. The van der Waals surface area contributed by atoms with Gasteiger partial charge in [-0.25, -0.2) is 9.99 Å². The third kappa shape index (κ3) is 4.39. The van der Waals surface area contributed by atoms with Crippen LogP contribution >= 0.6 is 23.1 Å². The zero-order chi connectivity index (χ0) is 21.1. The fourth-order valence-corrected chi connectivity index (χ4v) is 4.66. The molecule has 0 radical (unpaired) electrons. The van der Waals surface area contributed by atoms with Gasteiger partial charge in [0, 0.05) is 35.5 Å². The van der Waals surface area contributed by atoms with Crippen LogP contribution in [-0.2, 0) is 24.3 Å². The second kappa shape index (κ2) is 8.71. The Bertz CT molecular complexity index is 1070. The number of aromatic amines is 1. The van der Waals surface area contributed by atoms with Crippen LogP contribution in [0.3, 0.4) is 0 Å². The number of carbonyl (C=O) groups excluding carboxylic acids is 1. The Balaban J connectivity index is 1.51. The molecule has 2 aliphatic heterocycles. The first kappa shape index (κ1) is 20.2. The van der Waals surface area contributed by atoms with Gasteiger partial charge in [0.15, 0.2) is 0 Å². The first-order valence-electron chi connectivity index (χ1n) is 9.00. The molecule has 4 heterocycles. The fourth-order valence-electron chi connectivity index (χ4n) is 3.01. The van der Waals surface area contributed by atoms with Crippen LogP contribution < -0.4 is 0 Å². The highest BCUT2D eigenvalue weighted by molar-refractivity contribution is 8.17. The van der Waals surface area contributed by atoms with Crippen molar-refractivity contribution in [3.63, 3.8) is 0 Å². The predicted octanol–water partition coefficient (Wildman–Crippen LogP) is 2.85. The number of aromatic nitrogens is 3. The Kier molecular flexibility index (Phi) is 5.86. The minimum absolute atomic E-state index is 0.0695. The summed E-state index contributed by atoms with van der Waals surface area (Å²) in [4.78, 5) is 28.4. The Hall–Kier alpha value is -3.12. The second-order valence-electron chi connectivity index (χ2n) is 6.54. The molecule has 30 heavy (non-hydrogen) atoms. The summed E-state index contributed by atoms with van der Waals surface area (Å²) >= 11 is 2.83. The molecule has 0 aromatic carbocycles. The quantitative estimate of drug-likeness (QED) is 0.687. The summed E-state index contributed by atoms with van der Waals surface area (Å²) in [5.41, 5.74) is 3.07. The molecule has 1 N–H and O–H groups in total. The van der Waals surface area contributed by atoms with E-state index in [1.807, 2.05) is 12.4 Å². The molecule has 0 fully saturated rings. The van der Waals surface area contributed by atoms with Crippen LogP contribution in [0.2, 0.25) is 0 Å². The molecule has 0 saturated carbocycles. The van der Waals surface area contributed by atoms with Crippen LogP contribution in [0.4, 0.5) is 0 Å². The topological polar surface area (TPSA) is 119 Å². The van der Waals surface area contributed by atoms with E-state index in [0.717, 1.165) is 32.6 Å². The number of allylic oxidation sites excluding steroid dienone is 1. The number of rotatable bonds is 6. The van der Waals surface area contributed by atoms with E-state index in [1.54, 1.807) is 23.5 Å². The molecule has 0 atom stereocenters. The molecule has 2 aromatic heterocycles. The van der Waals surface area contributed by atoms with Crippen LogP contribution in [0.15, 0.2) is 55.8 Å². The van der Waals surface area contributed by atoms with Gasteiger partial charge in [-0.05, 0) is 6.07 Å². The van der Waals surface area contributed by atoms with Crippen LogP contribution in [0, 0.1) is 4.91 Å². The SMILES string of the molecule is C=C1SC(Cc2csc(CN=O)n2)=NN(C)C2=C1C=NN(Cc1cc[nH]n1)C(=O)C2. The number of thiazole rings is 1. The van der Waals surface area contributed by atoms with Gasteiger partial charge in [0.05, 0.1) is 36.3 Å². The van der Waals surface area contributed by atoms with E-state index in [4.69, 9.17) is 0 Å². The summed E-state index contributed by atoms with van der Waals surface area (Å²) in [6.45, 7) is 4.53. The van der Waals surface area contributed by atoms with Gasteiger partial charge in [-0.3, -0.25) is 14.9 Å². The molecular formula is C18H18N8O2S2. The number of H-pyrrole nitrogens is 1. The summed E-state index contributed by atoms with van der Waals surface area (Å²) in [5.74, 6) is -0.145. The maximum absolute atomic E-state index is 12.8. The highest BCUT2D eigenvalue weighted by atomic mass is 32.2. The van der Waals surface area contributed by atoms with Crippen molar-refractivity contribution in [1.82, 2.24) is 25.2 Å². The first-order chi connectivity index (χ1) is 14.5. The van der Waals surface area contributed by atoms with Gasteiger partial charge in [-0.15, -0.1) is 11.3 Å². The van der Waals surface area contributed by atoms with Gasteiger partial charge in [0.25, 0.3) is 0 Å². The number of nitrogens with zero attached hydrogens (tertiary/aromatic N) is 7. The van der Waals surface area contributed by atoms with E-state index in [1.165, 1.54) is 28.1 Å². The summed E-state index contributed by atoms with van der Waals surface area (Å²) in [7, 11) is 1.81. The average molecular weight is 443 g/mol. The van der Waals surface area contributed by atoms with Crippen LogP contribution in [0.1, 0.15) is 22.8 Å². The molecule has 4 rings (SSSR count). The van der Waals surface area contributed by atoms with E-state index < -0.39 is 0 Å². The smallest absolute Gasteiger partial charge is 0.249 e. The van der Waals surface area contributed by atoms with Crippen molar-refractivity contribution in [3.05, 3.63) is 61.7 Å². The molecule has 1 amide bonds. The van der Waals surface area contributed by atoms with Gasteiger partial charge in [0.2, 0.25) is 5.91 Å². The first-order valence-corrected chi connectivity index (χ1v) is 10.7. The fraction of sp³-hybridized carbons (Fsp3) is 0.278. The average Bonchev–Trinajstić information content (AvgIpc) is 3.32. The molecule has 0 saturated heterocycles. The Morgan fingerprint density at radius 2 is 2.23 bits per heavy atom. The van der Waals surface area contributed by atoms with Gasteiger partial charge >= 0.3 is 0 Å². The Morgan fingerprint density at radius 3 is 3.00 bits per heavy atom. The molecular weight excluding hydrogens is 424 g/mol. The summed E-state index contributed by atoms with van der Waals surface area (Å²) in [6, 6.07) is 1.80. The zero-order valence-corrected chi connectivity index (χ0v) is 17.7. The lowest BCUT2D eigenvalue weighted by Crippen LogP contribution is -2.26. The zero-order valence-electron chi connectivity index (χ0n) is 16.1. The maximum Gasteiger partial charge on any atom is 0.249 e. The van der Waals surface area contributed by atoms with E-state index in [2.05, 4.69) is 37.1 Å². The molecule has 2 aromatic rings. The molecule has 0 aliphatic carbocycles. The number of hydrazone groups is 2. The van der Waals surface area contributed by atoms with Crippen molar-refractivity contribution in [2.45, 2.75) is 25.9 Å². The number of amides is 1. The van der Waals surface area contributed by atoms with E-state index in [0.29, 0.717) is 18.0 Å². The minimum Gasteiger partial charge on any atom is -0.285 e. The lowest BCUT2D eigenvalue weighted by atomic mass is 10.1. The third-order valence-corrected chi connectivity index (χ3v) is 6.25. The van der Waals surface area contributed by atoms with Crippen molar-refractivity contribution >= 4 is 40.3 Å². The van der Waals surface area contributed by atoms with Crippen LogP contribution in [-0.4, -0.2) is 49.4 Å². The minimum atomic E-state index is -0.145. The van der Waals surface area contributed by atoms with E-state index in [9.17, 15) is 9.70 Å². The number of carbonyl (C=O) groups is 1. The van der Waals surface area contributed by atoms with Crippen LogP contribution in [0.25, 0.3) is 0 Å². The molecule has 10 nitrogen and oxygen atoms in total. The number of nitrogens with one attached hydrogen (secondary N) is 1. The van der Waals surface area contributed by atoms with Crippen molar-refractivity contribution in [2.24, 2.45) is 15.4 Å². The summed E-state index contributed by atoms with van der Waals surface area (Å²) in [5, 5.41) is 25.2. The van der Waals surface area contributed by atoms with Gasteiger partial charge in [-0.1, -0.05) is 23.5 Å². The molecule has 154 valence electrons. The van der Waals surface area contributed by atoms with Crippen molar-refractivity contribution < 1.29 is 4.79 Å². The van der Waals surface area contributed by atoms with Crippen molar-refractivity contribution in [2.75, 3.05) is 7.05 Å². The molecule has 0 bridgehead atoms. The molecule has 0 unspecified atom stereocenters. The van der Waals surface area contributed by atoms with Crippen LogP contribution in [0.5, 0.6) is 0 Å². The predicted molar refractivity (Wildman–Crippen MR) is 117 cm³/mol. The van der Waals surface area contributed by atoms with Crippen molar-refractivity contribution in [1.29, 1.82) is 0 Å². The maximum atomic E-state index is 12.8. The Labute approximate surface area is 180 Å². The highest BCUT2D eigenvalue weighted by Crippen LogP contribution is 2.34. The van der Waals surface area contributed by atoms with Gasteiger partial charge in [0.1, 0.15) is 16.6 Å². The van der Waals surface area contributed by atoms with Crippen molar-refractivity contribution in [3.8, 4) is 0 Å². The van der Waals surface area contributed by atoms with Gasteiger partial charge < -0.3 is 0 Å². The van der Waals surface area contributed by atoms with Gasteiger partial charge in [-0.2, -0.15) is 20.2 Å². The highest BCUT2D eigenvalue weighted by Gasteiger charge is 2.27. The summed E-state index contributed by atoms with van der Waals surface area (Å²) < 4.78 is 0. The second-order valence-corrected chi connectivity index (χ2v) is 8.65. The third-order valence-electron chi connectivity index (χ3n) is 4.44. The summed E-state index contributed by atoms with van der Waals surface area (Å²) in [6.07, 6.45) is 4.02. The number of thioether (sulfide) groups is 1. The van der Waals surface area contributed by atoms with E-state index in [-0.39, 0.29) is 18.9 Å². The Morgan fingerprint density at radius 1 is 1.37 bits per heavy atom. The molecule has 0 spiro atoms. The molecule has 2 aliphatic rings. The normalized spacial score (nSPS) is 17.0. The number of hydrogen-bond donors (Lipinski definition) is 1.